The van der Waals surface area contributed by atoms with Crippen LogP contribution in [0.1, 0.15) is 16.8 Å². The highest BCUT2D eigenvalue weighted by molar-refractivity contribution is 6.01. The summed E-state index contributed by atoms with van der Waals surface area (Å²) < 4.78 is 13.0. The molecule has 0 aliphatic carbocycles. The van der Waals surface area contributed by atoms with Crippen LogP contribution in [0.15, 0.2) is 36.9 Å². The summed E-state index contributed by atoms with van der Waals surface area (Å²) in [6.45, 7) is 1.18. The maximum atomic E-state index is 12.7. The number of carbonyl (C=O) groups excluding carboxylic acids is 1. The van der Waals surface area contributed by atoms with E-state index in [1.807, 2.05) is 35.4 Å². The highest BCUT2D eigenvalue weighted by Gasteiger charge is 2.29. The van der Waals surface area contributed by atoms with Gasteiger partial charge >= 0.3 is 0 Å². The van der Waals surface area contributed by atoms with E-state index in [1.54, 1.807) is 13.2 Å². The zero-order valence-electron chi connectivity index (χ0n) is 11.3. The van der Waals surface area contributed by atoms with Crippen LogP contribution in [0.2, 0.25) is 0 Å². The third kappa shape index (κ3) is 2.27. The highest BCUT2D eigenvalue weighted by atomic mass is 16.5. The molecule has 0 spiro atoms. The third-order valence-corrected chi connectivity index (χ3v) is 3.58. The van der Waals surface area contributed by atoms with Crippen molar-refractivity contribution in [3.05, 3.63) is 42.5 Å². The molecule has 0 fully saturated rings. The van der Waals surface area contributed by atoms with Gasteiger partial charge in [0.1, 0.15) is 18.9 Å². The number of nitrogens with zero attached hydrogens (tertiary/aromatic N) is 1. The predicted molar refractivity (Wildman–Crippen MR) is 71.9 cm³/mol. The lowest BCUT2D eigenvalue weighted by Gasteiger charge is -2.11. The maximum Gasteiger partial charge on any atom is 0.241 e. The van der Waals surface area contributed by atoms with Gasteiger partial charge in [-0.3, -0.25) is 9.78 Å². The van der Waals surface area contributed by atoms with Crippen LogP contribution in [0.5, 0.6) is 11.5 Å². The van der Waals surface area contributed by atoms with Gasteiger partial charge in [0.15, 0.2) is 17.3 Å². The fourth-order valence-electron chi connectivity index (χ4n) is 2.54. The van der Waals surface area contributed by atoms with E-state index >= 15 is 0 Å². The number of methoxy groups -OCH3 is 1. The fourth-order valence-corrected chi connectivity index (χ4v) is 2.54. The van der Waals surface area contributed by atoms with Crippen LogP contribution in [0.4, 0.5) is 0 Å². The molecule has 1 aliphatic rings. The number of H-pyrrole nitrogens is 1. The molecule has 5 heteroatoms. The Morgan fingerprint density at radius 1 is 1.50 bits per heavy atom. The summed E-state index contributed by atoms with van der Waals surface area (Å²) in [7, 11) is 1.58. The second kappa shape index (κ2) is 5.36. The van der Waals surface area contributed by atoms with E-state index in [2.05, 4.69) is 4.98 Å². The zero-order chi connectivity index (χ0) is 13.9. The summed E-state index contributed by atoms with van der Waals surface area (Å²) in [4.78, 5) is 15.7. The molecule has 5 nitrogen and oxygen atoms in total. The van der Waals surface area contributed by atoms with Crippen LogP contribution >= 0.6 is 0 Å². The van der Waals surface area contributed by atoms with Crippen molar-refractivity contribution in [2.75, 3.05) is 13.7 Å². The van der Waals surface area contributed by atoms with Gasteiger partial charge in [0.2, 0.25) is 6.33 Å². The number of Topliss-reactive ketones (excluding diaryl/α,β-unsaturated/α-hetero) is 1. The lowest BCUT2D eigenvalue weighted by molar-refractivity contribution is -0.699. The monoisotopic (exact) mass is 273 g/mol. The Labute approximate surface area is 117 Å². The summed E-state index contributed by atoms with van der Waals surface area (Å²) in [6.07, 6.45) is 6.32. The Morgan fingerprint density at radius 3 is 3.15 bits per heavy atom. The van der Waals surface area contributed by atoms with Crippen molar-refractivity contribution in [3.63, 3.8) is 0 Å². The van der Waals surface area contributed by atoms with E-state index in [-0.39, 0.29) is 11.7 Å². The molecule has 0 saturated heterocycles. The first-order chi connectivity index (χ1) is 9.79. The summed E-state index contributed by atoms with van der Waals surface area (Å²) in [5.74, 6) is 1.22. The molecule has 1 atom stereocenters. The first kappa shape index (κ1) is 12.7. The maximum absolute atomic E-state index is 12.7. The summed E-state index contributed by atoms with van der Waals surface area (Å²) in [6, 6.07) is 5.44. The number of hydrogen-bond acceptors (Lipinski definition) is 3. The molecule has 20 heavy (non-hydrogen) atoms. The van der Waals surface area contributed by atoms with Crippen LogP contribution in [0, 0.1) is 5.92 Å². The molecule has 104 valence electrons. The molecule has 0 bridgehead atoms. The molecule has 1 unspecified atom stereocenters. The normalized spacial score (nSPS) is 18.1. The molecule has 3 rings (SSSR count). The average molecular weight is 273 g/mol. The topological polar surface area (TPSA) is 55.2 Å². The number of benzene rings is 1. The van der Waals surface area contributed by atoms with Crippen LogP contribution in [0.25, 0.3) is 0 Å². The first-order valence-corrected chi connectivity index (χ1v) is 6.65. The van der Waals surface area contributed by atoms with Gasteiger partial charge in [0.25, 0.3) is 0 Å². The molecular formula is C15H17N2O3+. The van der Waals surface area contributed by atoms with Gasteiger partial charge in [-0.1, -0.05) is 6.07 Å². The predicted octanol–water partition coefficient (Wildman–Crippen LogP) is 1.59. The quantitative estimate of drug-likeness (QED) is 0.864. The lowest BCUT2D eigenvalue weighted by atomic mass is 9.95. The highest BCUT2D eigenvalue weighted by Crippen LogP contribution is 2.35. The summed E-state index contributed by atoms with van der Waals surface area (Å²) >= 11 is 0. The SMILES string of the molecule is COc1cccc2c1OCCC(C[n+]1cc[nH]c1)C2=O. The zero-order valence-corrected chi connectivity index (χ0v) is 11.3. The number of imidazole rings is 1. The van der Waals surface area contributed by atoms with Crippen LogP contribution < -0.4 is 14.0 Å². The second-order valence-electron chi connectivity index (χ2n) is 4.84. The van der Waals surface area contributed by atoms with E-state index in [0.29, 0.717) is 36.6 Å². The molecule has 2 heterocycles. The van der Waals surface area contributed by atoms with Gasteiger partial charge in [-0.2, -0.15) is 0 Å². The van der Waals surface area contributed by atoms with Gasteiger partial charge in [-0.25, -0.2) is 4.57 Å². The van der Waals surface area contributed by atoms with Crippen LogP contribution in [0.3, 0.4) is 0 Å². The standard InChI is InChI=1S/C15H16N2O3/c1-19-13-4-2-3-12-14(18)11(5-8-20-15(12)13)9-17-7-6-16-10-17/h2-4,6-7,10-11H,5,8-9H2,1H3/p+1. The van der Waals surface area contributed by atoms with E-state index < -0.39 is 0 Å². The Morgan fingerprint density at radius 2 is 2.40 bits per heavy atom. The molecule has 1 aliphatic heterocycles. The molecule has 2 aromatic rings. The third-order valence-electron chi connectivity index (χ3n) is 3.58. The molecule has 1 aromatic heterocycles. The molecule has 0 radical (unpaired) electrons. The van der Waals surface area contributed by atoms with Crippen molar-refractivity contribution in [2.24, 2.45) is 5.92 Å². The number of para-hydroxylation sites is 1. The number of aromatic amines is 1. The van der Waals surface area contributed by atoms with Crippen molar-refractivity contribution in [3.8, 4) is 11.5 Å². The Bertz CT molecular complexity index is 608. The van der Waals surface area contributed by atoms with E-state index in [1.165, 1.54) is 0 Å². The van der Waals surface area contributed by atoms with Crippen molar-refractivity contribution in [1.82, 2.24) is 4.98 Å². The number of ether oxygens (including phenoxy) is 2. The number of aromatic nitrogens is 2. The number of hydrogen-bond donors (Lipinski definition) is 1. The molecule has 1 N–H and O–H groups in total. The van der Waals surface area contributed by atoms with Gasteiger partial charge in [0.05, 0.1) is 25.2 Å². The van der Waals surface area contributed by atoms with E-state index in [0.717, 1.165) is 0 Å². The summed E-state index contributed by atoms with van der Waals surface area (Å²) in [5.41, 5.74) is 0.614. The number of fused-ring (bicyclic) bond motifs is 1. The Balaban J connectivity index is 1.91. The minimum absolute atomic E-state index is 0.0795. The molecule has 1 aromatic carbocycles. The number of carbonyl (C=O) groups is 1. The largest absolute Gasteiger partial charge is 0.493 e. The van der Waals surface area contributed by atoms with Gasteiger partial charge in [0, 0.05) is 0 Å². The van der Waals surface area contributed by atoms with E-state index in [9.17, 15) is 4.79 Å². The van der Waals surface area contributed by atoms with Crippen molar-refractivity contribution in [2.45, 2.75) is 13.0 Å². The first-order valence-electron chi connectivity index (χ1n) is 6.65. The average Bonchev–Trinajstić information content (AvgIpc) is 2.93. The molecule has 0 amide bonds. The Kier molecular flexibility index (Phi) is 3.41. The van der Waals surface area contributed by atoms with Gasteiger partial charge in [-0.15, -0.1) is 0 Å². The minimum atomic E-state index is -0.0795. The molecular weight excluding hydrogens is 256 g/mol. The number of ketones is 1. The minimum Gasteiger partial charge on any atom is -0.493 e. The van der Waals surface area contributed by atoms with Crippen LogP contribution in [-0.2, 0) is 6.54 Å². The lowest BCUT2D eigenvalue weighted by Crippen LogP contribution is -2.38. The van der Waals surface area contributed by atoms with Crippen molar-refractivity contribution < 1.29 is 18.8 Å². The number of nitrogens with one attached hydrogen (secondary N) is 1. The van der Waals surface area contributed by atoms with Crippen LogP contribution in [-0.4, -0.2) is 24.5 Å². The fraction of sp³-hybridized carbons (Fsp3) is 0.333. The molecule has 0 saturated carbocycles. The summed E-state index contributed by atoms with van der Waals surface area (Å²) in [5, 5.41) is 0. The van der Waals surface area contributed by atoms with Gasteiger partial charge < -0.3 is 9.47 Å². The van der Waals surface area contributed by atoms with E-state index in [4.69, 9.17) is 9.47 Å². The second-order valence-corrected chi connectivity index (χ2v) is 4.84. The Hall–Kier alpha value is -2.30. The smallest absolute Gasteiger partial charge is 0.241 e. The van der Waals surface area contributed by atoms with Gasteiger partial charge in [-0.05, 0) is 18.6 Å². The number of rotatable bonds is 3. The van der Waals surface area contributed by atoms with Crippen molar-refractivity contribution >= 4 is 5.78 Å². The van der Waals surface area contributed by atoms with Crippen molar-refractivity contribution in [1.29, 1.82) is 0 Å².